The molecule has 0 spiro atoms. The van der Waals surface area contributed by atoms with Gasteiger partial charge in [-0.2, -0.15) is 5.26 Å². The third-order valence-corrected chi connectivity index (χ3v) is 6.31. The Morgan fingerprint density at radius 3 is 2.20 bits per heavy atom. The van der Waals surface area contributed by atoms with Gasteiger partial charge in [0.05, 0.1) is 12.0 Å². The Kier molecular flexibility index (Phi) is 5.71. The SMILES string of the molecule is N#CC(CC(NC(=O)OCC1c2ccccc2-c2ccccc21)C(=O)O)C1CCC1. The molecule has 0 bridgehead atoms. The van der Waals surface area contributed by atoms with Crippen molar-refractivity contribution in [3.05, 3.63) is 59.7 Å². The number of carbonyl (C=O) groups is 2. The van der Waals surface area contributed by atoms with Crippen LogP contribution >= 0.6 is 0 Å². The Balaban J connectivity index is 1.40. The fourth-order valence-electron chi connectivity index (χ4n) is 4.45. The standard InChI is InChI=1S/C24H24N2O4/c25-13-16(15-6-5-7-15)12-22(23(27)28)26-24(29)30-14-21-19-10-3-1-8-17(19)18-9-2-4-11-20(18)21/h1-4,8-11,15-16,21-22H,5-7,12,14H2,(H,26,29)(H,27,28). The summed E-state index contributed by atoms with van der Waals surface area (Å²) in [7, 11) is 0. The van der Waals surface area contributed by atoms with Gasteiger partial charge in [0.2, 0.25) is 0 Å². The largest absolute Gasteiger partial charge is 0.480 e. The highest BCUT2D eigenvalue weighted by atomic mass is 16.5. The van der Waals surface area contributed by atoms with Crippen molar-refractivity contribution in [2.24, 2.45) is 11.8 Å². The van der Waals surface area contributed by atoms with Gasteiger partial charge in [0.1, 0.15) is 12.6 Å². The summed E-state index contributed by atoms with van der Waals surface area (Å²) in [6.07, 6.45) is 2.28. The molecule has 1 amide bonds. The molecule has 0 saturated heterocycles. The van der Waals surface area contributed by atoms with Crippen LogP contribution in [0.2, 0.25) is 0 Å². The van der Waals surface area contributed by atoms with E-state index in [9.17, 15) is 20.0 Å². The number of hydrogen-bond acceptors (Lipinski definition) is 4. The van der Waals surface area contributed by atoms with Crippen LogP contribution in [0.3, 0.4) is 0 Å². The Morgan fingerprint density at radius 2 is 1.70 bits per heavy atom. The number of carbonyl (C=O) groups excluding carboxylic acids is 1. The number of amides is 1. The number of alkyl carbamates (subject to hydrolysis) is 1. The number of rotatable bonds is 7. The topological polar surface area (TPSA) is 99.4 Å². The molecule has 1 saturated carbocycles. The number of nitrogens with one attached hydrogen (secondary N) is 1. The molecule has 1 fully saturated rings. The van der Waals surface area contributed by atoms with Gasteiger partial charge in [0, 0.05) is 5.92 Å². The van der Waals surface area contributed by atoms with Gasteiger partial charge in [-0.1, -0.05) is 55.0 Å². The van der Waals surface area contributed by atoms with Crippen molar-refractivity contribution in [3.8, 4) is 17.2 Å². The molecule has 2 aromatic carbocycles. The molecule has 4 rings (SSSR count). The van der Waals surface area contributed by atoms with Crippen molar-refractivity contribution in [2.45, 2.75) is 37.6 Å². The summed E-state index contributed by atoms with van der Waals surface area (Å²) in [5, 5.41) is 21.3. The predicted octanol–water partition coefficient (Wildman–Crippen LogP) is 4.31. The van der Waals surface area contributed by atoms with Crippen molar-refractivity contribution in [2.75, 3.05) is 6.61 Å². The lowest BCUT2D eigenvalue weighted by Gasteiger charge is -2.31. The molecule has 6 heteroatoms. The van der Waals surface area contributed by atoms with Crippen molar-refractivity contribution >= 4 is 12.1 Å². The van der Waals surface area contributed by atoms with E-state index in [0.29, 0.717) is 0 Å². The van der Waals surface area contributed by atoms with Gasteiger partial charge >= 0.3 is 12.1 Å². The van der Waals surface area contributed by atoms with E-state index in [1.807, 2.05) is 36.4 Å². The first-order valence-electron chi connectivity index (χ1n) is 10.3. The molecule has 2 aliphatic rings. The van der Waals surface area contributed by atoms with Gasteiger partial charge in [-0.25, -0.2) is 9.59 Å². The molecular weight excluding hydrogens is 380 g/mol. The molecule has 0 radical (unpaired) electrons. The van der Waals surface area contributed by atoms with Crippen LogP contribution < -0.4 is 5.32 Å². The molecule has 0 aliphatic heterocycles. The van der Waals surface area contributed by atoms with Crippen LogP contribution in [-0.2, 0) is 9.53 Å². The van der Waals surface area contributed by atoms with Crippen LogP contribution in [0, 0.1) is 23.2 Å². The average molecular weight is 404 g/mol. The van der Waals surface area contributed by atoms with Crippen LogP contribution in [0.15, 0.2) is 48.5 Å². The minimum absolute atomic E-state index is 0.0896. The summed E-state index contributed by atoms with van der Waals surface area (Å²) < 4.78 is 5.44. The summed E-state index contributed by atoms with van der Waals surface area (Å²) in [5.41, 5.74) is 4.44. The van der Waals surface area contributed by atoms with E-state index in [4.69, 9.17) is 4.74 Å². The molecular formula is C24H24N2O4. The van der Waals surface area contributed by atoms with Gasteiger partial charge in [0.15, 0.2) is 0 Å². The molecule has 0 heterocycles. The van der Waals surface area contributed by atoms with E-state index >= 15 is 0 Å². The molecule has 2 aromatic rings. The molecule has 30 heavy (non-hydrogen) atoms. The molecule has 0 aromatic heterocycles. The lowest BCUT2D eigenvalue weighted by molar-refractivity contribution is -0.139. The Labute approximate surface area is 175 Å². The predicted molar refractivity (Wildman–Crippen MR) is 111 cm³/mol. The van der Waals surface area contributed by atoms with E-state index < -0.39 is 18.1 Å². The second-order valence-electron chi connectivity index (χ2n) is 8.02. The fourth-order valence-corrected chi connectivity index (χ4v) is 4.45. The highest BCUT2D eigenvalue weighted by Crippen LogP contribution is 2.44. The Morgan fingerprint density at radius 1 is 1.10 bits per heavy atom. The van der Waals surface area contributed by atoms with E-state index in [1.165, 1.54) is 0 Å². The minimum Gasteiger partial charge on any atom is -0.480 e. The maximum absolute atomic E-state index is 12.4. The maximum atomic E-state index is 12.4. The number of aliphatic carboxylic acids is 1. The normalized spacial score (nSPS) is 17.0. The van der Waals surface area contributed by atoms with Crippen LogP contribution in [0.4, 0.5) is 4.79 Å². The van der Waals surface area contributed by atoms with Gasteiger partial charge in [0.25, 0.3) is 0 Å². The van der Waals surface area contributed by atoms with Crippen molar-refractivity contribution < 1.29 is 19.4 Å². The van der Waals surface area contributed by atoms with Gasteiger partial charge in [-0.3, -0.25) is 0 Å². The summed E-state index contributed by atoms with van der Waals surface area (Å²) in [4.78, 5) is 24.0. The number of fused-ring (bicyclic) bond motifs is 3. The van der Waals surface area contributed by atoms with Crippen molar-refractivity contribution in [1.82, 2.24) is 5.32 Å². The van der Waals surface area contributed by atoms with E-state index in [-0.39, 0.29) is 30.8 Å². The second-order valence-corrected chi connectivity index (χ2v) is 8.02. The Hall–Kier alpha value is -3.33. The van der Waals surface area contributed by atoms with Crippen molar-refractivity contribution in [1.29, 1.82) is 5.26 Å². The van der Waals surface area contributed by atoms with Crippen LogP contribution in [0.25, 0.3) is 11.1 Å². The number of carboxylic acids is 1. The number of benzene rings is 2. The smallest absolute Gasteiger partial charge is 0.407 e. The monoisotopic (exact) mass is 404 g/mol. The molecule has 2 aliphatic carbocycles. The minimum atomic E-state index is -1.15. The zero-order valence-corrected chi connectivity index (χ0v) is 16.6. The zero-order valence-electron chi connectivity index (χ0n) is 16.6. The maximum Gasteiger partial charge on any atom is 0.407 e. The fraction of sp³-hybridized carbons (Fsp3) is 0.375. The Bertz CT molecular complexity index is 947. The third kappa shape index (κ3) is 3.88. The summed E-state index contributed by atoms with van der Waals surface area (Å²) in [5.74, 6) is -1.38. The molecule has 2 N–H and O–H groups in total. The van der Waals surface area contributed by atoms with E-state index in [1.54, 1.807) is 0 Å². The highest BCUT2D eigenvalue weighted by Gasteiger charge is 2.33. The zero-order chi connectivity index (χ0) is 21.1. The summed E-state index contributed by atoms with van der Waals surface area (Å²) >= 11 is 0. The van der Waals surface area contributed by atoms with Crippen molar-refractivity contribution in [3.63, 3.8) is 0 Å². The number of nitriles is 1. The van der Waals surface area contributed by atoms with E-state index in [0.717, 1.165) is 41.5 Å². The highest BCUT2D eigenvalue weighted by molar-refractivity contribution is 5.81. The van der Waals surface area contributed by atoms with Gasteiger partial charge in [-0.15, -0.1) is 0 Å². The quantitative estimate of drug-likeness (QED) is 0.716. The molecule has 2 atom stereocenters. The first-order valence-corrected chi connectivity index (χ1v) is 10.3. The third-order valence-electron chi connectivity index (χ3n) is 6.31. The molecule has 2 unspecified atom stereocenters. The van der Waals surface area contributed by atoms with Gasteiger partial charge < -0.3 is 15.2 Å². The first kappa shape index (κ1) is 20.0. The first-order chi connectivity index (χ1) is 14.6. The summed E-state index contributed by atoms with van der Waals surface area (Å²) in [6.45, 7) is 0.122. The second kappa shape index (κ2) is 8.58. The van der Waals surface area contributed by atoms with Crippen LogP contribution in [-0.4, -0.2) is 29.8 Å². The average Bonchev–Trinajstić information content (AvgIpc) is 3.03. The number of ether oxygens (including phenoxy) is 1. The molecule has 6 nitrogen and oxygen atoms in total. The number of nitrogens with zero attached hydrogens (tertiary/aromatic N) is 1. The van der Waals surface area contributed by atoms with E-state index in [2.05, 4.69) is 23.5 Å². The van der Waals surface area contributed by atoms with Crippen LogP contribution in [0.5, 0.6) is 0 Å². The lowest BCUT2D eigenvalue weighted by atomic mass is 9.74. The van der Waals surface area contributed by atoms with Crippen LogP contribution in [0.1, 0.15) is 42.7 Å². The number of hydrogen-bond donors (Lipinski definition) is 2. The lowest BCUT2D eigenvalue weighted by Crippen LogP contribution is -2.43. The van der Waals surface area contributed by atoms with Gasteiger partial charge in [-0.05, 0) is 47.4 Å². The molecule has 154 valence electrons. The number of carboxylic acid groups (broad SMARTS) is 1. The summed E-state index contributed by atoms with van der Waals surface area (Å²) in [6, 6.07) is 17.1.